The fraction of sp³-hybridized carbons (Fsp3) is 0.476. The molecule has 1 aliphatic rings. The molecule has 5 nitrogen and oxygen atoms in total. The Bertz CT molecular complexity index is 808. The Kier molecular flexibility index (Phi) is 5.94. The SMILES string of the molecule is CC[NH+](Cc1ccccc1)[C@@H](c1cccs1)c1nnnn1C1CCCCC1. The lowest BCUT2D eigenvalue weighted by atomic mass is 9.95. The van der Waals surface area contributed by atoms with Crippen LogP contribution in [0.4, 0.5) is 0 Å². The van der Waals surface area contributed by atoms with Crippen molar-refractivity contribution in [1.29, 1.82) is 0 Å². The van der Waals surface area contributed by atoms with Crippen LogP contribution in [0.5, 0.6) is 0 Å². The van der Waals surface area contributed by atoms with Gasteiger partial charge in [0.2, 0.25) is 5.82 Å². The molecular weight excluding hydrogens is 354 g/mol. The van der Waals surface area contributed by atoms with Gasteiger partial charge in [-0.05, 0) is 41.6 Å². The Morgan fingerprint density at radius 1 is 1.11 bits per heavy atom. The Morgan fingerprint density at radius 3 is 2.63 bits per heavy atom. The summed E-state index contributed by atoms with van der Waals surface area (Å²) in [4.78, 5) is 2.82. The van der Waals surface area contributed by atoms with Crippen LogP contribution < -0.4 is 4.90 Å². The van der Waals surface area contributed by atoms with E-state index in [9.17, 15) is 0 Å². The van der Waals surface area contributed by atoms with Gasteiger partial charge in [-0.3, -0.25) is 0 Å². The van der Waals surface area contributed by atoms with Crippen molar-refractivity contribution in [3.63, 3.8) is 0 Å². The van der Waals surface area contributed by atoms with Gasteiger partial charge in [0, 0.05) is 5.56 Å². The third kappa shape index (κ3) is 4.12. The van der Waals surface area contributed by atoms with Gasteiger partial charge in [-0.15, -0.1) is 16.4 Å². The summed E-state index contributed by atoms with van der Waals surface area (Å²) in [5.74, 6) is 1.03. The molecule has 1 unspecified atom stereocenters. The maximum Gasteiger partial charge on any atom is 0.215 e. The molecule has 0 amide bonds. The minimum atomic E-state index is 0.173. The summed E-state index contributed by atoms with van der Waals surface area (Å²) < 4.78 is 2.14. The number of quaternary nitrogens is 1. The van der Waals surface area contributed by atoms with Gasteiger partial charge in [0.05, 0.1) is 17.5 Å². The first-order valence-corrected chi connectivity index (χ1v) is 10.9. The third-order valence-corrected chi connectivity index (χ3v) is 6.60. The van der Waals surface area contributed by atoms with Gasteiger partial charge in [0.25, 0.3) is 0 Å². The molecule has 0 aliphatic heterocycles. The maximum atomic E-state index is 4.55. The summed E-state index contributed by atoms with van der Waals surface area (Å²) >= 11 is 1.81. The fourth-order valence-electron chi connectivity index (χ4n) is 4.23. The first-order chi connectivity index (χ1) is 13.4. The molecule has 1 aliphatic carbocycles. The van der Waals surface area contributed by atoms with Crippen molar-refractivity contribution in [2.45, 2.75) is 57.7 Å². The first kappa shape index (κ1) is 18.3. The van der Waals surface area contributed by atoms with E-state index < -0.39 is 0 Å². The van der Waals surface area contributed by atoms with E-state index in [0.29, 0.717) is 6.04 Å². The molecule has 3 aromatic rings. The number of benzene rings is 1. The molecule has 1 fully saturated rings. The van der Waals surface area contributed by atoms with E-state index in [4.69, 9.17) is 0 Å². The number of hydrogen-bond acceptors (Lipinski definition) is 4. The number of rotatable bonds is 7. The van der Waals surface area contributed by atoms with Crippen LogP contribution in [0.1, 0.15) is 67.4 Å². The standard InChI is InChI=1S/C21H27N5S/c1-2-25(16-17-10-5-3-6-11-17)20(19-14-9-15-27-19)21-22-23-24-26(21)18-12-7-4-8-13-18/h3,5-6,9-11,14-15,18,20H,2,4,7-8,12-13,16H2,1H3/p+1/t20-/m0/s1. The second-order valence-electron chi connectivity index (χ2n) is 7.40. The topological polar surface area (TPSA) is 48.0 Å². The van der Waals surface area contributed by atoms with E-state index >= 15 is 0 Å². The average Bonchev–Trinajstić information content (AvgIpc) is 3.42. The Hall–Kier alpha value is -2.05. The van der Waals surface area contributed by atoms with E-state index in [1.54, 1.807) is 0 Å². The molecule has 1 saturated carbocycles. The summed E-state index contributed by atoms with van der Waals surface area (Å²) in [5, 5.41) is 15.3. The van der Waals surface area contributed by atoms with Crippen LogP contribution in [-0.4, -0.2) is 26.8 Å². The van der Waals surface area contributed by atoms with Gasteiger partial charge in [0.15, 0.2) is 6.04 Å². The summed E-state index contributed by atoms with van der Waals surface area (Å²) in [7, 11) is 0. The van der Waals surface area contributed by atoms with Gasteiger partial charge in [-0.2, -0.15) is 0 Å². The van der Waals surface area contributed by atoms with Crippen LogP contribution in [0.2, 0.25) is 0 Å². The summed E-state index contributed by atoms with van der Waals surface area (Å²) in [5.41, 5.74) is 1.35. The Morgan fingerprint density at radius 2 is 1.93 bits per heavy atom. The van der Waals surface area contributed by atoms with Crippen molar-refractivity contribution in [2.24, 2.45) is 0 Å². The molecule has 1 N–H and O–H groups in total. The average molecular weight is 383 g/mol. The van der Waals surface area contributed by atoms with Crippen LogP contribution in [0.15, 0.2) is 47.8 Å². The highest BCUT2D eigenvalue weighted by atomic mass is 32.1. The van der Waals surface area contributed by atoms with Crippen molar-refractivity contribution in [2.75, 3.05) is 6.54 Å². The van der Waals surface area contributed by atoms with Crippen molar-refractivity contribution in [3.8, 4) is 0 Å². The number of nitrogens with one attached hydrogen (secondary N) is 1. The van der Waals surface area contributed by atoms with E-state index in [0.717, 1.165) is 18.9 Å². The van der Waals surface area contributed by atoms with Crippen molar-refractivity contribution in [3.05, 3.63) is 64.1 Å². The molecule has 0 bridgehead atoms. The zero-order valence-corrected chi connectivity index (χ0v) is 16.7. The van der Waals surface area contributed by atoms with Crippen molar-refractivity contribution in [1.82, 2.24) is 20.2 Å². The second kappa shape index (κ2) is 8.76. The Labute approximate surface area is 165 Å². The minimum Gasteiger partial charge on any atom is -0.318 e. The van der Waals surface area contributed by atoms with Crippen molar-refractivity contribution >= 4 is 11.3 Å². The normalized spacial score (nSPS) is 17.7. The number of nitrogens with zero attached hydrogens (tertiary/aromatic N) is 4. The quantitative estimate of drug-likeness (QED) is 0.681. The lowest BCUT2D eigenvalue weighted by Gasteiger charge is -2.29. The van der Waals surface area contributed by atoms with Gasteiger partial charge < -0.3 is 4.90 Å². The fourth-order valence-corrected chi connectivity index (χ4v) is 5.11. The molecule has 0 radical (unpaired) electrons. The monoisotopic (exact) mass is 382 g/mol. The van der Waals surface area contributed by atoms with Crippen LogP contribution in [0, 0.1) is 0 Å². The predicted octanol–water partition coefficient (Wildman–Crippen LogP) is 3.43. The molecule has 0 spiro atoms. The van der Waals surface area contributed by atoms with Crippen molar-refractivity contribution < 1.29 is 4.90 Å². The summed E-state index contributed by atoms with van der Waals surface area (Å²) in [6.45, 7) is 4.25. The predicted molar refractivity (Wildman–Crippen MR) is 108 cm³/mol. The van der Waals surface area contributed by atoms with E-state index in [1.807, 2.05) is 11.3 Å². The lowest BCUT2D eigenvalue weighted by molar-refractivity contribution is -0.938. The number of hydrogen-bond donors (Lipinski definition) is 1. The zero-order valence-electron chi connectivity index (χ0n) is 15.9. The molecule has 2 atom stereocenters. The Balaban J connectivity index is 1.69. The van der Waals surface area contributed by atoms with Gasteiger partial charge >= 0.3 is 0 Å². The van der Waals surface area contributed by atoms with Crippen LogP contribution in [-0.2, 0) is 6.54 Å². The van der Waals surface area contributed by atoms with Crippen LogP contribution in [0.25, 0.3) is 0 Å². The number of tetrazole rings is 1. The molecule has 4 rings (SSSR count). The highest BCUT2D eigenvalue weighted by molar-refractivity contribution is 7.10. The third-order valence-electron chi connectivity index (χ3n) is 5.66. The minimum absolute atomic E-state index is 0.173. The highest BCUT2D eigenvalue weighted by Gasteiger charge is 2.33. The molecule has 27 heavy (non-hydrogen) atoms. The highest BCUT2D eigenvalue weighted by Crippen LogP contribution is 2.30. The lowest BCUT2D eigenvalue weighted by Crippen LogP contribution is -3.11. The summed E-state index contributed by atoms with van der Waals surface area (Å²) in [6.07, 6.45) is 6.28. The van der Waals surface area contributed by atoms with E-state index in [-0.39, 0.29) is 6.04 Å². The first-order valence-electron chi connectivity index (χ1n) is 10.1. The maximum absolute atomic E-state index is 4.55. The van der Waals surface area contributed by atoms with Gasteiger partial charge in [0.1, 0.15) is 6.54 Å². The number of thiophene rings is 1. The van der Waals surface area contributed by atoms with E-state index in [1.165, 1.54) is 47.4 Å². The summed E-state index contributed by atoms with van der Waals surface area (Å²) in [6, 6.07) is 15.7. The molecule has 6 heteroatoms. The van der Waals surface area contributed by atoms with Gasteiger partial charge in [-0.1, -0.05) is 55.7 Å². The van der Waals surface area contributed by atoms with Gasteiger partial charge in [-0.25, -0.2) is 4.68 Å². The zero-order chi connectivity index (χ0) is 18.5. The molecule has 2 heterocycles. The molecule has 1 aromatic carbocycles. The van der Waals surface area contributed by atoms with Crippen LogP contribution >= 0.6 is 11.3 Å². The van der Waals surface area contributed by atoms with E-state index in [2.05, 4.69) is 75.0 Å². The smallest absolute Gasteiger partial charge is 0.215 e. The molecule has 0 saturated heterocycles. The number of aromatic nitrogens is 4. The second-order valence-corrected chi connectivity index (χ2v) is 8.38. The molecule has 2 aromatic heterocycles. The molecule has 142 valence electrons. The van der Waals surface area contributed by atoms with Crippen LogP contribution in [0.3, 0.4) is 0 Å². The largest absolute Gasteiger partial charge is 0.318 e. The molecular formula is C21H28N5S+.